The van der Waals surface area contributed by atoms with Gasteiger partial charge in [0.05, 0.1) is 45.4 Å². The minimum Gasteiger partial charge on any atom is -0.493 e. The number of carbonyl (C=O) groups is 1. The van der Waals surface area contributed by atoms with Crippen molar-refractivity contribution in [3.63, 3.8) is 0 Å². The molecule has 4 aromatic rings. The zero-order valence-electron chi connectivity index (χ0n) is 21.9. The third-order valence-electron chi connectivity index (χ3n) is 6.90. The number of hydrogen-bond donors (Lipinski definition) is 0. The maximum atomic E-state index is 13.2. The van der Waals surface area contributed by atoms with Gasteiger partial charge in [-0.15, -0.1) is 10.2 Å². The van der Waals surface area contributed by atoms with Crippen molar-refractivity contribution in [3.05, 3.63) is 59.0 Å². The van der Waals surface area contributed by atoms with E-state index in [1.54, 1.807) is 33.0 Å². The van der Waals surface area contributed by atoms with Crippen LogP contribution in [0.2, 0.25) is 0 Å². The number of ketones is 1. The lowest BCUT2D eigenvalue weighted by Crippen LogP contribution is -2.24. The van der Waals surface area contributed by atoms with Crippen molar-refractivity contribution < 1.29 is 23.7 Å². The summed E-state index contributed by atoms with van der Waals surface area (Å²) in [5.74, 6) is 2.54. The Bertz CT molecular complexity index is 1490. The molecule has 0 saturated heterocycles. The van der Waals surface area contributed by atoms with E-state index in [1.165, 1.54) is 0 Å². The first-order chi connectivity index (χ1) is 17.9. The summed E-state index contributed by atoms with van der Waals surface area (Å²) in [6.45, 7) is 4.17. The Labute approximate surface area is 215 Å². The van der Waals surface area contributed by atoms with E-state index in [9.17, 15) is 4.79 Å². The van der Waals surface area contributed by atoms with Gasteiger partial charge in [-0.3, -0.25) is 4.79 Å². The van der Waals surface area contributed by atoms with Crippen molar-refractivity contribution in [2.45, 2.75) is 38.5 Å². The van der Waals surface area contributed by atoms with E-state index in [0.717, 1.165) is 28.1 Å². The van der Waals surface area contributed by atoms with Gasteiger partial charge in [0.25, 0.3) is 0 Å². The van der Waals surface area contributed by atoms with Crippen LogP contribution < -0.4 is 18.9 Å². The quantitative estimate of drug-likeness (QED) is 0.353. The first kappa shape index (κ1) is 24.5. The van der Waals surface area contributed by atoms with E-state index < -0.39 is 0 Å². The molecule has 0 unspecified atom stereocenters. The van der Waals surface area contributed by atoms with Gasteiger partial charge in [-0.25, -0.2) is 4.52 Å². The summed E-state index contributed by atoms with van der Waals surface area (Å²) in [5.41, 5.74) is 5.37. The van der Waals surface area contributed by atoms with E-state index >= 15 is 0 Å². The summed E-state index contributed by atoms with van der Waals surface area (Å²) >= 11 is 0. The number of ether oxygens (including phenoxy) is 4. The van der Waals surface area contributed by atoms with E-state index in [1.807, 2.05) is 36.4 Å². The van der Waals surface area contributed by atoms with Crippen LogP contribution in [-0.4, -0.2) is 54.0 Å². The van der Waals surface area contributed by atoms with Gasteiger partial charge in [0.2, 0.25) is 0 Å². The molecule has 9 nitrogen and oxygen atoms in total. The summed E-state index contributed by atoms with van der Waals surface area (Å²) in [6, 6.07) is 11.5. The maximum Gasteiger partial charge on any atom is 0.185 e. The van der Waals surface area contributed by atoms with Gasteiger partial charge in [0, 0.05) is 6.42 Å². The molecule has 0 spiro atoms. The number of nitrogens with zero attached hydrogens (tertiary/aromatic N) is 4. The van der Waals surface area contributed by atoms with E-state index in [0.29, 0.717) is 47.2 Å². The Hall–Kier alpha value is -4.14. The second kappa shape index (κ2) is 9.72. The molecule has 1 aliphatic rings. The molecule has 192 valence electrons. The van der Waals surface area contributed by atoms with Crippen molar-refractivity contribution in [3.8, 4) is 34.1 Å². The molecule has 0 N–H and O–H groups in total. The summed E-state index contributed by atoms with van der Waals surface area (Å²) in [7, 11) is 6.43. The fourth-order valence-corrected chi connectivity index (χ4v) is 5.00. The highest BCUT2D eigenvalue weighted by atomic mass is 16.5. The van der Waals surface area contributed by atoms with E-state index in [2.05, 4.69) is 24.0 Å². The highest BCUT2D eigenvalue weighted by molar-refractivity contribution is 5.97. The minimum absolute atomic E-state index is 0.0512. The molecule has 1 aliphatic carbocycles. The lowest BCUT2D eigenvalue weighted by atomic mass is 9.83. The molecule has 9 heteroatoms. The third kappa shape index (κ3) is 4.14. The van der Waals surface area contributed by atoms with Crippen molar-refractivity contribution in [2.75, 3.05) is 28.4 Å². The minimum atomic E-state index is -0.0524. The predicted molar refractivity (Wildman–Crippen MR) is 138 cm³/mol. The van der Waals surface area contributed by atoms with Crippen molar-refractivity contribution >= 4 is 11.4 Å². The summed E-state index contributed by atoms with van der Waals surface area (Å²) in [5, 5.41) is 13.9. The second-order valence-corrected chi connectivity index (χ2v) is 9.36. The molecule has 1 atom stereocenters. The number of carbonyl (C=O) groups excluding carboxylic acids is 1. The zero-order chi connectivity index (χ0) is 26.3. The Kier molecular flexibility index (Phi) is 6.45. The summed E-state index contributed by atoms with van der Waals surface area (Å²) < 4.78 is 23.6. The molecule has 2 aromatic heterocycles. The monoisotopic (exact) mass is 502 g/mol. The van der Waals surface area contributed by atoms with Crippen LogP contribution in [0.4, 0.5) is 0 Å². The average Bonchev–Trinajstić information content (AvgIpc) is 3.32. The van der Waals surface area contributed by atoms with Gasteiger partial charge in [-0.1, -0.05) is 26.0 Å². The Morgan fingerprint density at radius 1 is 0.838 bits per heavy atom. The molecular weight excluding hydrogens is 472 g/mol. The molecule has 0 aliphatic heterocycles. The zero-order valence-corrected chi connectivity index (χ0v) is 21.9. The smallest absolute Gasteiger partial charge is 0.185 e. The molecule has 2 aromatic carbocycles. The molecule has 2 heterocycles. The van der Waals surface area contributed by atoms with Crippen LogP contribution in [0.5, 0.6) is 23.0 Å². The van der Waals surface area contributed by atoms with Crippen LogP contribution in [0.25, 0.3) is 16.8 Å². The van der Waals surface area contributed by atoms with Gasteiger partial charge in [-0.2, -0.15) is 5.10 Å². The van der Waals surface area contributed by atoms with Gasteiger partial charge in [0.15, 0.2) is 40.1 Å². The molecule has 37 heavy (non-hydrogen) atoms. The molecule has 5 rings (SSSR count). The number of benzene rings is 2. The third-order valence-corrected chi connectivity index (χ3v) is 6.90. The first-order valence-corrected chi connectivity index (χ1v) is 12.2. The predicted octanol–water partition coefficient (Wildman–Crippen LogP) is 4.86. The molecular formula is C28H30N4O5. The SMILES string of the molecule is COc1ccc(-c2c(C(C)C)nn3c4c(nnc23)C(=O)C[C@H](c2ccc(OC)c(OC)c2)C4)cc1OC. The molecule has 0 radical (unpaired) electrons. The largest absolute Gasteiger partial charge is 0.493 e. The highest BCUT2D eigenvalue weighted by Crippen LogP contribution is 2.40. The molecule has 0 amide bonds. The van der Waals surface area contributed by atoms with Crippen LogP contribution in [0.15, 0.2) is 36.4 Å². The number of methoxy groups -OCH3 is 4. The fourth-order valence-electron chi connectivity index (χ4n) is 5.00. The topological polar surface area (TPSA) is 97.1 Å². The summed E-state index contributed by atoms with van der Waals surface area (Å²) in [4.78, 5) is 13.2. The van der Waals surface area contributed by atoms with Gasteiger partial charge >= 0.3 is 0 Å². The van der Waals surface area contributed by atoms with Crippen LogP contribution in [0, 0.1) is 0 Å². The maximum absolute atomic E-state index is 13.2. The van der Waals surface area contributed by atoms with E-state index in [4.69, 9.17) is 24.0 Å². The number of fused-ring (bicyclic) bond motifs is 3. The lowest BCUT2D eigenvalue weighted by Gasteiger charge is -2.24. The first-order valence-electron chi connectivity index (χ1n) is 12.2. The van der Waals surface area contributed by atoms with Crippen LogP contribution in [-0.2, 0) is 6.42 Å². The van der Waals surface area contributed by atoms with Crippen molar-refractivity contribution in [1.82, 2.24) is 19.8 Å². The normalized spacial score (nSPS) is 15.1. The van der Waals surface area contributed by atoms with Crippen LogP contribution >= 0.6 is 0 Å². The van der Waals surface area contributed by atoms with Gasteiger partial charge in [0.1, 0.15) is 0 Å². The number of hydrogen-bond acceptors (Lipinski definition) is 8. The Balaban J connectivity index is 1.66. The van der Waals surface area contributed by atoms with Gasteiger partial charge in [-0.05, 0) is 53.6 Å². The molecule has 0 saturated carbocycles. The summed E-state index contributed by atoms with van der Waals surface area (Å²) in [6.07, 6.45) is 0.927. The van der Waals surface area contributed by atoms with Crippen molar-refractivity contribution in [1.29, 1.82) is 0 Å². The second-order valence-electron chi connectivity index (χ2n) is 9.36. The Morgan fingerprint density at radius 3 is 2.14 bits per heavy atom. The van der Waals surface area contributed by atoms with Crippen molar-refractivity contribution in [2.24, 2.45) is 0 Å². The Morgan fingerprint density at radius 2 is 1.49 bits per heavy atom. The van der Waals surface area contributed by atoms with E-state index in [-0.39, 0.29) is 17.6 Å². The standard InChI is InChI=1S/C28H30N4O5/c1-15(2)26-25(17-8-10-22(35-4)24(14-17)37-6)28-30-29-27-19(32(28)31-26)11-18(12-20(27)33)16-7-9-21(34-3)23(13-16)36-5/h7-10,13-15,18H,11-12H2,1-6H3/t18-/m1/s1. The van der Waals surface area contributed by atoms with Gasteiger partial charge < -0.3 is 18.9 Å². The average molecular weight is 503 g/mol. The molecule has 0 fully saturated rings. The lowest BCUT2D eigenvalue weighted by molar-refractivity contribution is 0.0955. The van der Waals surface area contributed by atoms with Crippen LogP contribution in [0.1, 0.15) is 59.5 Å². The van der Waals surface area contributed by atoms with Crippen LogP contribution in [0.3, 0.4) is 0 Å². The number of Topliss-reactive ketones (excluding diaryl/α,β-unsaturated/α-hetero) is 1. The highest BCUT2D eigenvalue weighted by Gasteiger charge is 2.32. The number of aromatic nitrogens is 4. The fraction of sp³-hybridized carbons (Fsp3) is 0.357. The molecule has 0 bridgehead atoms. The number of rotatable bonds is 7.